The third-order valence-electron chi connectivity index (χ3n) is 3.54. The van der Waals surface area contributed by atoms with Gasteiger partial charge in [0.05, 0.1) is 19.9 Å². The Hall–Kier alpha value is -2.62. The lowest BCUT2D eigenvalue weighted by Crippen LogP contribution is -1.97. The molecule has 0 saturated heterocycles. The van der Waals surface area contributed by atoms with Gasteiger partial charge in [-0.3, -0.25) is 9.78 Å². The standard InChI is InChI=1S/C17H15NO3/c1-20-15-9-11-7-12(8-13-5-3-4-6-18-13)17(19)14(11)10-16(15)21-2/h3-6,8-10H,7H2,1-2H3/b12-8-. The molecule has 1 aliphatic rings. The first-order valence-corrected chi connectivity index (χ1v) is 6.64. The molecule has 4 heteroatoms. The fourth-order valence-corrected chi connectivity index (χ4v) is 2.49. The Morgan fingerprint density at radius 3 is 2.57 bits per heavy atom. The molecule has 0 spiro atoms. The van der Waals surface area contributed by atoms with Gasteiger partial charge in [-0.15, -0.1) is 0 Å². The van der Waals surface area contributed by atoms with Crippen molar-refractivity contribution in [1.82, 2.24) is 4.98 Å². The summed E-state index contributed by atoms with van der Waals surface area (Å²) in [5, 5.41) is 0. The molecule has 1 aromatic carbocycles. The lowest BCUT2D eigenvalue weighted by Gasteiger charge is -2.08. The van der Waals surface area contributed by atoms with Crippen LogP contribution in [-0.2, 0) is 6.42 Å². The first kappa shape index (κ1) is 13.4. The number of ether oxygens (including phenoxy) is 2. The number of allylic oxidation sites excluding steroid dienone is 1. The Balaban J connectivity index is 2.01. The van der Waals surface area contributed by atoms with E-state index in [2.05, 4.69) is 4.98 Å². The molecule has 0 unspecified atom stereocenters. The van der Waals surface area contributed by atoms with Crippen molar-refractivity contribution in [2.45, 2.75) is 6.42 Å². The summed E-state index contributed by atoms with van der Waals surface area (Å²) in [5.74, 6) is 1.24. The number of pyridine rings is 1. The van der Waals surface area contributed by atoms with Crippen molar-refractivity contribution in [3.05, 3.63) is 58.9 Å². The molecule has 0 aliphatic heterocycles. The van der Waals surface area contributed by atoms with Crippen molar-refractivity contribution in [2.75, 3.05) is 14.2 Å². The van der Waals surface area contributed by atoms with Crippen molar-refractivity contribution in [3.8, 4) is 11.5 Å². The molecule has 0 saturated carbocycles. The zero-order valence-electron chi connectivity index (χ0n) is 11.9. The van der Waals surface area contributed by atoms with E-state index in [1.165, 1.54) is 0 Å². The highest BCUT2D eigenvalue weighted by Gasteiger charge is 2.27. The first-order valence-electron chi connectivity index (χ1n) is 6.64. The van der Waals surface area contributed by atoms with Crippen LogP contribution < -0.4 is 9.47 Å². The van der Waals surface area contributed by atoms with Gasteiger partial charge in [0.25, 0.3) is 0 Å². The van der Waals surface area contributed by atoms with E-state index in [0.717, 1.165) is 16.8 Å². The zero-order valence-corrected chi connectivity index (χ0v) is 11.9. The van der Waals surface area contributed by atoms with Crippen LogP contribution in [0.15, 0.2) is 42.1 Å². The van der Waals surface area contributed by atoms with Crippen LogP contribution in [0.25, 0.3) is 6.08 Å². The molecule has 21 heavy (non-hydrogen) atoms. The van der Waals surface area contributed by atoms with E-state index in [1.807, 2.05) is 30.3 Å². The summed E-state index contributed by atoms with van der Waals surface area (Å²) in [6.07, 6.45) is 4.14. The van der Waals surface area contributed by atoms with Crippen molar-refractivity contribution in [2.24, 2.45) is 0 Å². The summed E-state index contributed by atoms with van der Waals surface area (Å²) in [6, 6.07) is 9.24. The molecule has 3 rings (SSSR count). The maximum atomic E-state index is 12.5. The Morgan fingerprint density at radius 1 is 1.14 bits per heavy atom. The molecule has 0 amide bonds. The van der Waals surface area contributed by atoms with Crippen LogP contribution >= 0.6 is 0 Å². The largest absolute Gasteiger partial charge is 0.493 e. The number of rotatable bonds is 3. The van der Waals surface area contributed by atoms with E-state index in [1.54, 1.807) is 26.5 Å². The highest BCUT2D eigenvalue weighted by molar-refractivity contribution is 6.15. The van der Waals surface area contributed by atoms with Crippen LogP contribution in [-0.4, -0.2) is 25.0 Å². The third-order valence-corrected chi connectivity index (χ3v) is 3.54. The van der Waals surface area contributed by atoms with Crippen molar-refractivity contribution >= 4 is 11.9 Å². The fourth-order valence-electron chi connectivity index (χ4n) is 2.49. The minimum atomic E-state index is 0.0246. The number of ketones is 1. The van der Waals surface area contributed by atoms with Crippen LogP contribution in [0, 0.1) is 0 Å². The lowest BCUT2D eigenvalue weighted by molar-refractivity contribution is 0.104. The summed E-state index contributed by atoms with van der Waals surface area (Å²) >= 11 is 0. The summed E-state index contributed by atoms with van der Waals surface area (Å²) < 4.78 is 10.5. The number of benzene rings is 1. The number of nitrogens with zero attached hydrogens (tertiary/aromatic N) is 1. The number of Topliss-reactive ketones (excluding diaryl/α,β-unsaturated/α-hetero) is 1. The SMILES string of the molecule is COc1cc2c(cc1OC)C(=O)/C(=C\c1ccccn1)C2. The maximum absolute atomic E-state index is 12.5. The summed E-state index contributed by atoms with van der Waals surface area (Å²) in [5.41, 5.74) is 3.15. The average molecular weight is 281 g/mol. The van der Waals surface area contributed by atoms with Gasteiger partial charge in [-0.25, -0.2) is 0 Å². The van der Waals surface area contributed by atoms with E-state index >= 15 is 0 Å². The number of methoxy groups -OCH3 is 2. The third kappa shape index (κ3) is 2.40. The van der Waals surface area contributed by atoms with E-state index < -0.39 is 0 Å². The topological polar surface area (TPSA) is 48.4 Å². The molecule has 1 aliphatic carbocycles. The van der Waals surface area contributed by atoms with Crippen LogP contribution in [0.2, 0.25) is 0 Å². The molecule has 0 fully saturated rings. The molecule has 0 atom stereocenters. The van der Waals surface area contributed by atoms with Gasteiger partial charge in [-0.2, -0.15) is 0 Å². The van der Waals surface area contributed by atoms with Crippen LogP contribution in [0.5, 0.6) is 11.5 Å². The molecule has 4 nitrogen and oxygen atoms in total. The van der Waals surface area contributed by atoms with Gasteiger partial charge < -0.3 is 9.47 Å². The normalized spacial score (nSPS) is 15.1. The van der Waals surface area contributed by atoms with E-state index in [9.17, 15) is 4.79 Å². The summed E-state index contributed by atoms with van der Waals surface area (Å²) in [7, 11) is 3.15. The quantitative estimate of drug-likeness (QED) is 0.812. The van der Waals surface area contributed by atoms with Crippen LogP contribution in [0.3, 0.4) is 0 Å². The van der Waals surface area contributed by atoms with Gasteiger partial charge in [0.1, 0.15) is 0 Å². The predicted octanol–water partition coefficient (Wildman–Crippen LogP) is 2.92. The van der Waals surface area contributed by atoms with Crippen molar-refractivity contribution in [1.29, 1.82) is 0 Å². The zero-order chi connectivity index (χ0) is 14.8. The molecular formula is C17H15NO3. The number of carbonyl (C=O) groups is 1. The smallest absolute Gasteiger partial charge is 0.189 e. The van der Waals surface area contributed by atoms with E-state index in [4.69, 9.17) is 9.47 Å². The number of carbonyl (C=O) groups excluding carboxylic acids is 1. The lowest BCUT2D eigenvalue weighted by atomic mass is 10.1. The molecule has 2 aromatic rings. The van der Waals surface area contributed by atoms with Gasteiger partial charge in [-0.1, -0.05) is 6.07 Å². The number of hydrogen-bond acceptors (Lipinski definition) is 4. The second-order valence-electron chi connectivity index (χ2n) is 4.79. The molecule has 1 heterocycles. The average Bonchev–Trinajstić information content (AvgIpc) is 2.82. The highest BCUT2D eigenvalue weighted by Crippen LogP contribution is 2.36. The van der Waals surface area contributed by atoms with Crippen molar-refractivity contribution in [3.63, 3.8) is 0 Å². The summed E-state index contributed by atoms with van der Waals surface area (Å²) in [4.78, 5) is 16.7. The Labute approximate surface area is 123 Å². The molecule has 106 valence electrons. The van der Waals surface area contributed by atoms with Crippen molar-refractivity contribution < 1.29 is 14.3 Å². The van der Waals surface area contributed by atoms with Gasteiger partial charge in [-0.05, 0) is 35.9 Å². The first-order chi connectivity index (χ1) is 10.2. The maximum Gasteiger partial charge on any atom is 0.189 e. The predicted molar refractivity (Wildman–Crippen MR) is 79.8 cm³/mol. The second kappa shape index (κ2) is 5.40. The molecular weight excluding hydrogens is 266 g/mol. The Morgan fingerprint density at radius 2 is 1.90 bits per heavy atom. The molecule has 1 aromatic heterocycles. The van der Waals surface area contributed by atoms with Crippen LogP contribution in [0.4, 0.5) is 0 Å². The molecule has 0 N–H and O–H groups in total. The van der Waals surface area contributed by atoms with Gasteiger partial charge >= 0.3 is 0 Å². The van der Waals surface area contributed by atoms with Gasteiger partial charge in [0.15, 0.2) is 17.3 Å². The summed E-state index contributed by atoms with van der Waals surface area (Å²) in [6.45, 7) is 0. The van der Waals surface area contributed by atoms with Crippen LogP contribution in [0.1, 0.15) is 21.6 Å². The minimum Gasteiger partial charge on any atom is -0.493 e. The molecule has 0 bridgehead atoms. The second-order valence-corrected chi connectivity index (χ2v) is 4.79. The number of fused-ring (bicyclic) bond motifs is 1. The van der Waals surface area contributed by atoms with E-state index in [-0.39, 0.29) is 5.78 Å². The number of hydrogen-bond donors (Lipinski definition) is 0. The van der Waals surface area contributed by atoms with Gasteiger partial charge in [0, 0.05) is 23.8 Å². The minimum absolute atomic E-state index is 0.0246. The number of aromatic nitrogens is 1. The highest BCUT2D eigenvalue weighted by atomic mass is 16.5. The monoisotopic (exact) mass is 281 g/mol. The van der Waals surface area contributed by atoms with E-state index in [0.29, 0.717) is 23.5 Å². The van der Waals surface area contributed by atoms with Gasteiger partial charge in [0.2, 0.25) is 0 Å². The fraction of sp³-hybridized carbons (Fsp3) is 0.176. The Bertz CT molecular complexity index is 720. The Kier molecular flexibility index (Phi) is 3.44. The molecule has 0 radical (unpaired) electrons.